The monoisotopic (exact) mass is 325 g/mol. The Kier molecular flexibility index (Phi) is 3.56. The molecule has 1 aromatic carbocycles. The molecule has 0 aliphatic carbocycles. The number of rotatable bonds is 2. The lowest BCUT2D eigenvalue weighted by Crippen LogP contribution is -2.11. The van der Waals surface area contributed by atoms with Crippen LogP contribution >= 0.6 is 11.8 Å². The van der Waals surface area contributed by atoms with E-state index in [9.17, 15) is 13.2 Å². The zero-order valence-corrected chi connectivity index (χ0v) is 12.4. The molecule has 22 heavy (non-hydrogen) atoms. The number of halogens is 3. The van der Waals surface area contributed by atoms with E-state index in [-0.39, 0.29) is 15.8 Å². The molecule has 8 heteroatoms. The molecular weight excluding hydrogens is 315 g/mol. The molecule has 0 N–H and O–H groups in total. The number of hydrogen-bond donors (Lipinski definition) is 0. The predicted molar refractivity (Wildman–Crippen MR) is 74.6 cm³/mol. The first kappa shape index (κ1) is 14.8. The molecular formula is C14H10F3N3OS. The van der Waals surface area contributed by atoms with Crippen LogP contribution in [0.3, 0.4) is 0 Å². The minimum absolute atomic E-state index is 0.166. The summed E-state index contributed by atoms with van der Waals surface area (Å²) in [5.41, 5.74) is 0.921. The fraction of sp³-hybridized carbons (Fsp3) is 0.214. The van der Waals surface area contributed by atoms with Crippen molar-refractivity contribution in [1.29, 1.82) is 0 Å². The second-order valence-electron chi connectivity index (χ2n) is 4.59. The van der Waals surface area contributed by atoms with Crippen LogP contribution in [0.2, 0.25) is 0 Å². The van der Waals surface area contributed by atoms with E-state index in [0.29, 0.717) is 16.8 Å². The van der Waals surface area contributed by atoms with Gasteiger partial charge in [-0.15, -0.1) is 0 Å². The van der Waals surface area contributed by atoms with Gasteiger partial charge in [0.1, 0.15) is 10.8 Å². The standard InChI is InChI=1S/C14H10F3N3OS/c1-7-8(2)21-13(18-7)22-11-9-5-3-4-6-10(9)19-12(20-11)14(15,16)17/h3-6H,1-2H3. The summed E-state index contributed by atoms with van der Waals surface area (Å²) >= 11 is 0.953. The molecule has 2 heterocycles. The summed E-state index contributed by atoms with van der Waals surface area (Å²) < 4.78 is 44.2. The van der Waals surface area contributed by atoms with Gasteiger partial charge in [-0.25, -0.2) is 15.0 Å². The van der Waals surface area contributed by atoms with Gasteiger partial charge < -0.3 is 4.42 Å². The summed E-state index contributed by atoms with van der Waals surface area (Å²) in [5, 5.41) is 0.945. The van der Waals surface area contributed by atoms with Gasteiger partial charge in [0.25, 0.3) is 5.22 Å². The average Bonchev–Trinajstić information content (AvgIpc) is 2.76. The molecule has 2 aromatic heterocycles. The second kappa shape index (κ2) is 5.28. The smallest absolute Gasteiger partial charge is 0.436 e. The normalized spacial score (nSPS) is 12.0. The number of fused-ring (bicyclic) bond motifs is 1. The lowest BCUT2D eigenvalue weighted by molar-refractivity contribution is -0.145. The number of benzene rings is 1. The van der Waals surface area contributed by atoms with Crippen LogP contribution < -0.4 is 0 Å². The highest BCUT2D eigenvalue weighted by Gasteiger charge is 2.35. The summed E-state index contributed by atoms with van der Waals surface area (Å²) in [4.78, 5) is 11.4. The molecule has 3 rings (SSSR count). The number of alkyl halides is 3. The molecule has 0 atom stereocenters. The molecule has 0 radical (unpaired) electrons. The van der Waals surface area contributed by atoms with Crippen LogP contribution in [-0.2, 0) is 6.18 Å². The van der Waals surface area contributed by atoms with Crippen LogP contribution in [0.15, 0.2) is 38.9 Å². The largest absolute Gasteiger partial charge is 0.451 e. The van der Waals surface area contributed by atoms with Gasteiger partial charge >= 0.3 is 6.18 Å². The van der Waals surface area contributed by atoms with E-state index in [0.717, 1.165) is 11.8 Å². The Balaban J connectivity index is 2.14. The summed E-state index contributed by atoms with van der Waals surface area (Å²) in [5.74, 6) is -0.550. The second-order valence-corrected chi connectivity index (χ2v) is 5.53. The van der Waals surface area contributed by atoms with E-state index in [4.69, 9.17) is 4.42 Å². The highest BCUT2D eigenvalue weighted by Crippen LogP contribution is 2.35. The van der Waals surface area contributed by atoms with Crippen molar-refractivity contribution in [2.24, 2.45) is 0 Å². The van der Waals surface area contributed by atoms with Crippen molar-refractivity contribution in [3.05, 3.63) is 41.5 Å². The molecule has 3 aromatic rings. The van der Waals surface area contributed by atoms with E-state index in [1.165, 1.54) is 6.07 Å². The van der Waals surface area contributed by atoms with Gasteiger partial charge in [0.15, 0.2) is 0 Å². The third kappa shape index (κ3) is 2.78. The topological polar surface area (TPSA) is 51.8 Å². The van der Waals surface area contributed by atoms with Gasteiger partial charge in [0.05, 0.1) is 11.2 Å². The van der Waals surface area contributed by atoms with Crippen LogP contribution in [0.5, 0.6) is 0 Å². The number of aryl methyl sites for hydroxylation is 2. The third-order valence-corrected chi connectivity index (χ3v) is 3.87. The average molecular weight is 325 g/mol. The quantitative estimate of drug-likeness (QED) is 0.653. The Morgan fingerprint density at radius 2 is 1.77 bits per heavy atom. The zero-order chi connectivity index (χ0) is 15.9. The van der Waals surface area contributed by atoms with E-state index >= 15 is 0 Å². The first-order valence-electron chi connectivity index (χ1n) is 6.30. The Hall–Kier alpha value is -2.09. The van der Waals surface area contributed by atoms with E-state index < -0.39 is 12.0 Å². The highest BCUT2D eigenvalue weighted by atomic mass is 32.2. The highest BCUT2D eigenvalue weighted by molar-refractivity contribution is 7.99. The predicted octanol–water partition coefficient (Wildman–Crippen LogP) is 4.40. The molecule has 0 spiro atoms. The van der Waals surface area contributed by atoms with E-state index in [1.807, 2.05) is 0 Å². The first-order chi connectivity index (χ1) is 10.3. The summed E-state index contributed by atoms with van der Waals surface area (Å²) in [6, 6.07) is 6.53. The van der Waals surface area contributed by atoms with Crippen molar-refractivity contribution in [1.82, 2.24) is 15.0 Å². The van der Waals surface area contributed by atoms with Crippen LogP contribution in [0.25, 0.3) is 10.9 Å². The number of oxazole rings is 1. The van der Waals surface area contributed by atoms with Gasteiger partial charge in [-0.3, -0.25) is 0 Å². The third-order valence-electron chi connectivity index (χ3n) is 3.01. The number of aromatic nitrogens is 3. The van der Waals surface area contributed by atoms with Crippen molar-refractivity contribution in [3.8, 4) is 0 Å². The van der Waals surface area contributed by atoms with Crippen LogP contribution in [-0.4, -0.2) is 15.0 Å². The molecule has 114 valence electrons. The number of nitrogens with zero attached hydrogens (tertiary/aromatic N) is 3. The summed E-state index contributed by atoms with van der Waals surface area (Å²) in [7, 11) is 0. The fourth-order valence-electron chi connectivity index (χ4n) is 1.82. The van der Waals surface area contributed by atoms with Gasteiger partial charge in [-0.1, -0.05) is 18.2 Å². The van der Waals surface area contributed by atoms with Crippen LogP contribution in [0.1, 0.15) is 17.3 Å². The molecule has 0 aliphatic rings. The first-order valence-corrected chi connectivity index (χ1v) is 7.12. The zero-order valence-electron chi connectivity index (χ0n) is 11.6. The minimum atomic E-state index is -4.61. The minimum Gasteiger partial charge on any atom is -0.436 e. The molecule has 4 nitrogen and oxygen atoms in total. The van der Waals surface area contributed by atoms with Crippen molar-refractivity contribution >= 4 is 22.7 Å². The number of para-hydroxylation sites is 1. The van der Waals surface area contributed by atoms with Crippen molar-refractivity contribution in [3.63, 3.8) is 0 Å². The lowest BCUT2D eigenvalue weighted by atomic mass is 10.2. The summed E-state index contributed by atoms with van der Waals surface area (Å²) in [6.07, 6.45) is -4.61. The Morgan fingerprint density at radius 3 is 2.41 bits per heavy atom. The Bertz CT molecular complexity index is 825. The fourth-order valence-corrected chi connectivity index (χ4v) is 2.75. The molecule has 0 aliphatic heterocycles. The van der Waals surface area contributed by atoms with Crippen molar-refractivity contribution in [2.75, 3.05) is 0 Å². The Morgan fingerprint density at radius 1 is 1.05 bits per heavy atom. The maximum absolute atomic E-state index is 12.9. The molecule has 0 bridgehead atoms. The van der Waals surface area contributed by atoms with Gasteiger partial charge in [0.2, 0.25) is 5.82 Å². The van der Waals surface area contributed by atoms with Crippen LogP contribution in [0.4, 0.5) is 13.2 Å². The van der Waals surface area contributed by atoms with E-state index in [1.54, 1.807) is 32.0 Å². The SMILES string of the molecule is Cc1nc(Sc2nc(C(F)(F)F)nc3ccccc23)oc1C. The van der Waals surface area contributed by atoms with Crippen LogP contribution in [0, 0.1) is 13.8 Å². The van der Waals surface area contributed by atoms with E-state index in [2.05, 4.69) is 15.0 Å². The molecule has 0 amide bonds. The summed E-state index contributed by atoms with van der Waals surface area (Å²) in [6.45, 7) is 3.51. The molecule has 0 unspecified atom stereocenters. The molecule has 0 fully saturated rings. The van der Waals surface area contributed by atoms with Gasteiger partial charge in [-0.2, -0.15) is 13.2 Å². The van der Waals surface area contributed by atoms with Crippen molar-refractivity contribution in [2.45, 2.75) is 30.3 Å². The number of hydrogen-bond acceptors (Lipinski definition) is 5. The Labute approximate surface area is 127 Å². The molecule has 0 saturated carbocycles. The van der Waals surface area contributed by atoms with Gasteiger partial charge in [-0.05, 0) is 31.7 Å². The maximum atomic E-state index is 12.9. The lowest BCUT2D eigenvalue weighted by Gasteiger charge is -2.09. The van der Waals surface area contributed by atoms with Crippen molar-refractivity contribution < 1.29 is 17.6 Å². The molecule has 0 saturated heterocycles. The van der Waals surface area contributed by atoms with Gasteiger partial charge in [0, 0.05) is 5.39 Å². The maximum Gasteiger partial charge on any atom is 0.451 e.